The molecule has 1 amide bonds. The molecular formula is C20H30FN3O. The average Bonchev–Trinajstić information content (AvgIpc) is 2.97. The molecule has 2 aliphatic heterocycles. The molecule has 0 saturated carbocycles. The number of nitrogens with zero attached hydrogens (tertiary/aromatic N) is 3. The molecule has 0 bridgehead atoms. The highest BCUT2D eigenvalue weighted by Crippen LogP contribution is 2.18. The van der Waals surface area contributed by atoms with E-state index in [1.54, 1.807) is 0 Å². The van der Waals surface area contributed by atoms with Crippen molar-refractivity contribution < 1.29 is 9.18 Å². The second-order valence-corrected chi connectivity index (χ2v) is 7.43. The van der Waals surface area contributed by atoms with Gasteiger partial charge in [-0.25, -0.2) is 4.39 Å². The summed E-state index contributed by atoms with van der Waals surface area (Å²) in [5.41, 5.74) is 1.13. The Morgan fingerprint density at radius 2 is 1.80 bits per heavy atom. The van der Waals surface area contributed by atoms with Gasteiger partial charge in [0, 0.05) is 32.7 Å². The molecule has 2 saturated heterocycles. The van der Waals surface area contributed by atoms with Crippen molar-refractivity contribution in [3.8, 4) is 0 Å². The zero-order valence-corrected chi connectivity index (χ0v) is 15.3. The van der Waals surface area contributed by atoms with E-state index in [4.69, 9.17) is 0 Å². The maximum atomic E-state index is 13.0. The van der Waals surface area contributed by atoms with Crippen LogP contribution >= 0.6 is 0 Å². The van der Waals surface area contributed by atoms with Gasteiger partial charge in [0.1, 0.15) is 5.82 Å². The van der Waals surface area contributed by atoms with Gasteiger partial charge in [0.2, 0.25) is 5.91 Å². The van der Waals surface area contributed by atoms with Gasteiger partial charge in [0.15, 0.2) is 0 Å². The quantitative estimate of drug-likeness (QED) is 0.841. The lowest BCUT2D eigenvalue weighted by Gasteiger charge is -2.30. The molecule has 0 radical (unpaired) electrons. The Labute approximate surface area is 150 Å². The Morgan fingerprint density at radius 3 is 2.60 bits per heavy atom. The molecule has 138 valence electrons. The van der Waals surface area contributed by atoms with Crippen LogP contribution in [0.3, 0.4) is 0 Å². The number of likely N-dealkylation sites (N-methyl/N-ethyl adjacent to an activating group) is 1. The third-order valence-corrected chi connectivity index (χ3v) is 5.53. The number of hydrogen-bond donors (Lipinski definition) is 0. The summed E-state index contributed by atoms with van der Waals surface area (Å²) in [6.45, 7) is 5.38. The van der Waals surface area contributed by atoms with Gasteiger partial charge < -0.3 is 4.90 Å². The van der Waals surface area contributed by atoms with Gasteiger partial charge in [-0.15, -0.1) is 0 Å². The van der Waals surface area contributed by atoms with Crippen LogP contribution in [0.25, 0.3) is 0 Å². The first-order valence-electron chi connectivity index (χ1n) is 9.59. The highest BCUT2D eigenvalue weighted by Gasteiger charge is 2.29. The Hall–Kier alpha value is -1.46. The number of rotatable bonds is 3. The van der Waals surface area contributed by atoms with Crippen molar-refractivity contribution in [2.45, 2.75) is 44.7 Å². The van der Waals surface area contributed by atoms with Gasteiger partial charge in [0.05, 0.1) is 6.04 Å². The molecule has 0 aliphatic carbocycles. The summed E-state index contributed by atoms with van der Waals surface area (Å²) in [6.07, 6.45) is 5.59. The molecule has 3 rings (SSSR count). The molecule has 4 nitrogen and oxygen atoms in total. The van der Waals surface area contributed by atoms with E-state index in [1.165, 1.54) is 25.0 Å². The third-order valence-electron chi connectivity index (χ3n) is 5.53. The smallest absolute Gasteiger partial charge is 0.239 e. The van der Waals surface area contributed by atoms with Crippen LogP contribution in [-0.2, 0) is 11.3 Å². The summed E-state index contributed by atoms with van der Waals surface area (Å²) in [4.78, 5) is 19.7. The molecule has 0 spiro atoms. The minimum absolute atomic E-state index is 0.0612. The number of halogens is 1. The van der Waals surface area contributed by atoms with E-state index in [2.05, 4.69) is 21.7 Å². The van der Waals surface area contributed by atoms with Crippen molar-refractivity contribution in [1.29, 1.82) is 0 Å². The van der Waals surface area contributed by atoms with Crippen molar-refractivity contribution in [3.05, 3.63) is 35.6 Å². The number of carbonyl (C=O) groups excluding carboxylic acids is 1. The van der Waals surface area contributed by atoms with E-state index in [1.807, 2.05) is 12.1 Å². The fourth-order valence-electron chi connectivity index (χ4n) is 3.97. The highest BCUT2D eigenvalue weighted by atomic mass is 19.1. The first-order chi connectivity index (χ1) is 12.1. The van der Waals surface area contributed by atoms with Crippen LogP contribution in [-0.4, -0.2) is 66.4 Å². The Bertz CT molecular complexity index is 563. The molecule has 0 aromatic heterocycles. The highest BCUT2D eigenvalue weighted by molar-refractivity contribution is 5.82. The normalized spacial score (nSPS) is 23.9. The molecule has 2 aliphatic rings. The van der Waals surface area contributed by atoms with Gasteiger partial charge >= 0.3 is 0 Å². The molecule has 25 heavy (non-hydrogen) atoms. The summed E-state index contributed by atoms with van der Waals surface area (Å²) in [6, 6.07) is 6.80. The Kier molecular flexibility index (Phi) is 6.43. The Morgan fingerprint density at radius 1 is 1.00 bits per heavy atom. The van der Waals surface area contributed by atoms with Crippen LogP contribution in [0.1, 0.15) is 37.7 Å². The summed E-state index contributed by atoms with van der Waals surface area (Å²) in [5, 5.41) is 0. The second-order valence-electron chi connectivity index (χ2n) is 7.43. The summed E-state index contributed by atoms with van der Waals surface area (Å²) in [5.74, 6) is 0.122. The van der Waals surface area contributed by atoms with E-state index in [0.717, 1.165) is 64.1 Å². The molecule has 1 atom stereocenters. The summed E-state index contributed by atoms with van der Waals surface area (Å²) < 4.78 is 13.0. The third kappa shape index (κ3) is 5.02. The van der Waals surface area contributed by atoms with Crippen molar-refractivity contribution in [1.82, 2.24) is 14.7 Å². The van der Waals surface area contributed by atoms with Crippen molar-refractivity contribution in [2.75, 3.05) is 39.8 Å². The molecule has 2 heterocycles. The first-order valence-corrected chi connectivity index (χ1v) is 9.59. The van der Waals surface area contributed by atoms with Gasteiger partial charge in [-0.1, -0.05) is 25.0 Å². The predicted molar refractivity (Wildman–Crippen MR) is 97.8 cm³/mol. The first kappa shape index (κ1) is 18.3. The summed E-state index contributed by atoms with van der Waals surface area (Å²) in [7, 11) is 2.09. The van der Waals surface area contributed by atoms with E-state index in [9.17, 15) is 9.18 Å². The number of carbonyl (C=O) groups is 1. The van der Waals surface area contributed by atoms with Crippen molar-refractivity contribution >= 4 is 5.91 Å². The lowest BCUT2D eigenvalue weighted by molar-refractivity contribution is -0.136. The lowest BCUT2D eigenvalue weighted by Crippen LogP contribution is -2.48. The zero-order chi connectivity index (χ0) is 17.6. The van der Waals surface area contributed by atoms with Crippen molar-refractivity contribution in [3.63, 3.8) is 0 Å². The average molecular weight is 347 g/mol. The molecule has 1 aromatic rings. The number of likely N-dealkylation sites (tertiary alicyclic amines) is 1. The lowest BCUT2D eigenvalue weighted by atomic mass is 10.1. The van der Waals surface area contributed by atoms with Crippen LogP contribution in [0.4, 0.5) is 4.39 Å². The van der Waals surface area contributed by atoms with Crippen LogP contribution in [0.15, 0.2) is 24.3 Å². The van der Waals surface area contributed by atoms with Crippen molar-refractivity contribution in [2.24, 2.45) is 0 Å². The van der Waals surface area contributed by atoms with E-state index in [-0.39, 0.29) is 11.9 Å². The van der Waals surface area contributed by atoms with Gasteiger partial charge in [0.25, 0.3) is 0 Å². The van der Waals surface area contributed by atoms with Gasteiger partial charge in [-0.2, -0.15) is 0 Å². The fraction of sp³-hybridized carbons (Fsp3) is 0.650. The van der Waals surface area contributed by atoms with Crippen LogP contribution in [0.2, 0.25) is 0 Å². The molecule has 2 fully saturated rings. The molecular weight excluding hydrogens is 317 g/mol. The van der Waals surface area contributed by atoms with Crippen LogP contribution in [0.5, 0.6) is 0 Å². The number of hydrogen-bond acceptors (Lipinski definition) is 3. The molecule has 1 aromatic carbocycles. The van der Waals surface area contributed by atoms with Gasteiger partial charge in [-0.3, -0.25) is 14.6 Å². The molecule has 1 unspecified atom stereocenters. The standard InChI is InChI=1S/C20H30FN3O/c1-22-11-4-2-3-6-19(22)20(25)24-13-5-12-23(14-15-24)16-17-7-9-18(21)10-8-17/h7-10,19H,2-6,11-16H2,1H3. The van der Waals surface area contributed by atoms with Crippen LogP contribution < -0.4 is 0 Å². The largest absolute Gasteiger partial charge is 0.340 e. The fourth-order valence-corrected chi connectivity index (χ4v) is 3.97. The van der Waals surface area contributed by atoms with Crippen LogP contribution in [0, 0.1) is 5.82 Å². The number of benzene rings is 1. The topological polar surface area (TPSA) is 26.8 Å². The SMILES string of the molecule is CN1CCCCCC1C(=O)N1CCCN(Cc2ccc(F)cc2)CC1. The van der Waals surface area contributed by atoms with Gasteiger partial charge in [-0.05, 0) is 50.6 Å². The molecule has 0 N–H and O–H groups in total. The maximum Gasteiger partial charge on any atom is 0.239 e. The van der Waals surface area contributed by atoms with E-state index >= 15 is 0 Å². The van der Waals surface area contributed by atoms with E-state index in [0.29, 0.717) is 5.91 Å². The monoisotopic (exact) mass is 347 g/mol. The zero-order valence-electron chi connectivity index (χ0n) is 15.3. The predicted octanol–water partition coefficient (Wildman–Crippen LogP) is 2.73. The summed E-state index contributed by atoms with van der Waals surface area (Å²) >= 11 is 0. The Balaban J connectivity index is 1.55. The minimum Gasteiger partial charge on any atom is -0.340 e. The number of amides is 1. The second kappa shape index (κ2) is 8.77. The van der Waals surface area contributed by atoms with E-state index < -0.39 is 0 Å². The minimum atomic E-state index is -0.191. The molecule has 5 heteroatoms. The maximum absolute atomic E-state index is 13.0.